The van der Waals surface area contributed by atoms with Gasteiger partial charge in [-0.25, -0.2) is 0 Å². The van der Waals surface area contributed by atoms with Crippen LogP contribution in [0.1, 0.15) is 113 Å². The van der Waals surface area contributed by atoms with Crippen molar-refractivity contribution < 1.29 is 54.8 Å². The van der Waals surface area contributed by atoms with E-state index in [-0.39, 0.29) is 63.5 Å². The molecule has 6 fully saturated rings. The second-order valence-electron chi connectivity index (χ2n) is 18.9. The molecule has 6 rings (SSSR count). The molecule has 5 saturated carbocycles. The highest BCUT2D eigenvalue weighted by atomic mass is 16.7. The fourth-order valence-electron chi connectivity index (χ4n) is 13.3. The lowest BCUT2D eigenvalue weighted by molar-refractivity contribution is -0.329. The Morgan fingerprint density at radius 3 is 2.24 bits per heavy atom. The largest absolute Gasteiger partial charge is 0.462 e. The minimum atomic E-state index is -1.51. The van der Waals surface area contributed by atoms with Crippen molar-refractivity contribution >= 4 is 5.97 Å². The van der Waals surface area contributed by atoms with E-state index in [1.54, 1.807) is 13.8 Å². The Kier molecular flexibility index (Phi) is 9.53. The van der Waals surface area contributed by atoms with E-state index in [0.717, 1.165) is 32.1 Å². The number of fused-ring (bicyclic) bond motifs is 2. The van der Waals surface area contributed by atoms with E-state index >= 15 is 0 Å². The van der Waals surface area contributed by atoms with Crippen LogP contribution in [-0.2, 0) is 19.0 Å². The number of hydrogen-bond acceptors (Lipinski definition) is 11. The molecule has 1 aliphatic heterocycles. The van der Waals surface area contributed by atoms with Crippen molar-refractivity contribution in [3.63, 3.8) is 0 Å². The zero-order valence-corrected chi connectivity index (χ0v) is 30.8. The Morgan fingerprint density at radius 2 is 1.63 bits per heavy atom. The summed E-state index contributed by atoms with van der Waals surface area (Å²) in [6.07, 6.45) is -1.69. The van der Waals surface area contributed by atoms with Crippen LogP contribution in [0.15, 0.2) is 0 Å². The molecule has 1 heterocycles. The average molecular weight is 697 g/mol. The van der Waals surface area contributed by atoms with Crippen molar-refractivity contribution in [1.82, 2.24) is 0 Å². The van der Waals surface area contributed by atoms with E-state index in [1.807, 2.05) is 0 Å². The Morgan fingerprint density at radius 1 is 0.959 bits per heavy atom. The first kappa shape index (κ1) is 37.9. The number of hydrogen-bond donors (Lipinski definition) is 7. The lowest BCUT2D eigenvalue weighted by Crippen LogP contribution is -2.63. The van der Waals surface area contributed by atoms with Gasteiger partial charge in [-0.1, -0.05) is 34.6 Å². The Bertz CT molecular complexity index is 1250. The van der Waals surface area contributed by atoms with E-state index in [2.05, 4.69) is 34.6 Å². The fourth-order valence-corrected chi connectivity index (χ4v) is 13.3. The van der Waals surface area contributed by atoms with Crippen molar-refractivity contribution in [2.45, 2.75) is 174 Å². The van der Waals surface area contributed by atoms with E-state index in [9.17, 15) is 40.5 Å². The van der Waals surface area contributed by atoms with Gasteiger partial charge in [0.2, 0.25) is 0 Å². The molecule has 1 saturated heterocycles. The monoisotopic (exact) mass is 696 g/mol. The fraction of sp³-hybridized carbons (Fsp3) is 0.974. The topological polar surface area (TPSA) is 186 Å². The average Bonchev–Trinajstić information content (AvgIpc) is 3.58. The van der Waals surface area contributed by atoms with E-state index in [4.69, 9.17) is 14.2 Å². The summed E-state index contributed by atoms with van der Waals surface area (Å²) < 4.78 is 18.3. The molecule has 0 bridgehead atoms. The predicted molar refractivity (Wildman–Crippen MR) is 179 cm³/mol. The van der Waals surface area contributed by atoms with Gasteiger partial charge in [-0.05, 0) is 116 Å². The molecule has 17 atom stereocenters. The van der Waals surface area contributed by atoms with Gasteiger partial charge in [-0.2, -0.15) is 0 Å². The molecule has 2 spiro atoms. The molecule has 0 amide bonds. The quantitative estimate of drug-likeness (QED) is 0.139. The van der Waals surface area contributed by atoms with E-state index in [0.29, 0.717) is 25.7 Å². The van der Waals surface area contributed by atoms with Gasteiger partial charge in [-0.3, -0.25) is 4.79 Å². The molecule has 0 aromatic heterocycles. The van der Waals surface area contributed by atoms with E-state index in [1.165, 1.54) is 6.92 Å². The number of ether oxygens (including phenoxy) is 3. The number of aliphatic hydroxyl groups excluding tert-OH is 6. The first-order valence-corrected chi connectivity index (χ1v) is 18.8. The van der Waals surface area contributed by atoms with Gasteiger partial charge in [0.1, 0.15) is 30.5 Å². The SMILES string of the molecule is CC(=O)O[C@H]1C[C@@]2(C)[C@@H]3C[C@H](O)[C@H]4C(C)(C)[C@@H](O[C@@H]5O[C@H](CO)[C@@H](O)[C@H](O)[C@H]5O)CC[C@@]45C[C@@]35CC[C@]2(C)[C@H]1[C@H](C)CC[C@@H](O)C(C)(C)O. The molecule has 5 aliphatic carbocycles. The third kappa shape index (κ3) is 5.49. The smallest absolute Gasteiger partial charge is 0.302 e. The van der Waals surface area contributed by atoms with Gasteiger partial charge in [0, 0.05) is 12.8 Å². The standard InChI is InChI=1S/C38H64O11/c1-19(9-10-25(42)34(5,6)46)27-22(47-20(2)40)16-36(8)24-15-21(41)31-33(3,4)26(49-32-30(45)29(44)28(43)23(17-39)48-32)11-12-38(31)18-37(24,38)14-13-35(27,36)7/h19,21-32,39,41-46H,9-18H2,1-8H3/t19-,21+,22+,23-,24+,25-,26+,27+,28-,29+,30-,31+,32+,35-,36+,37+,38-/m1/s1. The number of rotatable bonds is 9. The van der Waals surface area contributed by atoms with Gasteiger partial charge in [0.25, 0.3) is 0 Å². The minimum absolute atomic E-state index is 0.0482. The van der Waals surface area contributed by atoms with Crippen molar-refractivity contribution in [1.29, 1.82) is 0 Å². The Labute approximate surface area is 291 Å². The van der Waals surface area contributed by atoms with Crippen molar-refractivity contribution in [2.24, 2.45) is 50.7 Å². The Hall–Kier alpha value is -0.890. The van der Waals surface area contributed by atoms with Crippen molar-refractivity contribution in [3.05, 3.63) is 0 Å². The summed E-state index contributed by atoms with van der Waals surface area (Å²) in [7, 11) is 0. The van der Waals surface area contributed by atoms with Crippen LogP contribution in [0.4, 0.5) is 0 Å². The lowest BCUT2D eigenvalue weighted by Gasteiger charge is -2.64. The van der Waals surface area contributed by atoms with Crippen LogP contribution in [0.5, 0.6) is 0 Å². The predicted octanol–water partition coefficient (Wildman–Crippen LogP) is 2.67. The van der Waals surface area contributed by atoms with Crippen LogP contribution < -0.4 is 0 Å². The first-order chi connectivity index (χ1) is 22.6. The third-order valence-corrected chi connectivity index (χ3v) is 15.8. The summed E-state index contributed by atoms with van der Waals surface area (Å²) in [5.41, 5.74) is -2.06. The second-order valence-corrected chi connectivity index (χ2v) is 18.9. The summed E-state index contributed by atoms with van der Waals surface area (Å²) in [5.74, 6) is 0.116. The van der Waals surface area contributed by atoms with Gasteiger partial charge < -0.3 is 50.0 Å². The zero-order valence-electron chi connectivity index (χ0n) is 30.8. The molecule has 282 valence electrons. The van der Waals surface area contributed by atoms with Gasteiger partial charge in [-0.15, -0.1) is 0 Å². The number of aliphatic hydroxyl groups is 7. The van der Waals surface area contributed by atoms with Crippen LogP contribution >= 0.6 is 0 Å². The van der Waals surface area contributed by atoms with Crippen LogP contribution in [0.2, 0.25) is 0 Å². The minimum Gasteiger partial charge on any atom is -0.462 e. The summed E-state index contributed by atoms with van der Waals surface area (Å²) in [4.78, 5) is 12.5. The molecular formula is C38H64O11. The molecule has 6 aliphatic rings. The highest BCUT2D eigenvalue weighted by Gasteiger charge is 2.84. The number of carbonyl (C=O) groups is 1. The van der Waals surface area contributed by atoms with Gasteiger partial charge in [0.05, 0.1) is 30.5 Å². The van der Waals surface area contributed by atoms with Gasteiger partial charge >= 0.3 is 5.97 Å². The molecule has 0 unspecified atom stereocenters. The molecule has 7 N–H and O–H groups in total. The molecule has 49 heavy (non-hydrogen) atoms. The maximum Gasteiger partial charge on any atom is 0.302 e. The normalized spacial score (nSPS) is 51.4. The molecule has 11 nitrogen and oxygen atoms in total. The van der Waals surface area contributed by atoms with Crippen molar-refractivity contribution in [3.8, 4) is 0 Å². The second kappa shape index (κ2) is 12.3. The molecule has 0 aromatic rings. The summed E-state index contributed by atoms with van der Waals surface area (Å²) in [5, 5.41) is 74.4. The maximum absolute atomic E-state index is 12.5. The number of carbonyl (C=O) groups excluding carboxylic acids is 1. The molecule has 0 radical (unpaired) electrons. The van der Waals surface area contributed by atoms with Crippen molar-refractivity contribution in [2.75, 3.05) is 6.61 Å². The summed E-state index contributed by atoms with van der Waals surface area (Å²) in [6.45, 7) is 15.4. The Balaban J connectivity index is 1.26. The zero-order chi connectivity index (χ0) is 36.3. The van der Waals surface area contributed by atoms with Gasteiger partial charge in [0.15, 0.2) is 6.29 Å². The highest BCUT2D eigenvalue weighted by Crippen LogP contribution is 2.89. The summed E-state index contributed by atoms with van der Waals surface area (Å²) in [6, 6.07) is 0. The third-order valence-electron chi connectivity index (χ3n) is 15.8. The lowest BCUT2D eigenvalue weighted by atomic mass is 9.41. The van der Waals surface area contributed by atoms with Crippen LogP contribution in [0, 0.1) is 50.7 Å². The molecule has 11 heteroatoms. The summed E-state index contributed by atoms with van der Waals surface area (Å²) >= 11 is 0. The highest BCUT2D eigenvalue weighted by molar-refractivity contribution is 5.66. The van der Waals surface area contributed by atoms with Crippen LogP contribution in [-0.4, -0.2) is 109 Å². The molecule has 0 aromatic carbocycles. The van der Waals surface area contributed by atoms with Crippen LogP contribution in [0.25, 0.3) is 0 Å². The number of esters is 1. The first-order valence-electron chi connectivity index (χ1n) is 18.8. The molecular weight excluding hydrogens is 632 g/mol. The maximum atomic E-state index is 12.5. The van der Waals surface area contributed by atoms with Crippen LogP contribution in [0.3, 0.4) is 0 Å². The van der Waals surface area contributed by atoms with E-state index < -0.39 is 60.5 Å².